The Hall–Kier alpha value is -2.37. The van der Waals surface area contributed by atoms with Crippen LogP contribution in [-0.4, -0.2) is 33.4 Å². The van der Waals surface area contributed by atoms with Gasteiger partial charge in [0.25, 0.3) is 5.91 Å². The van der Waals surface area contributed by atoms with Gasteiger partial charge in [-0.25, -0.2) is 0 Å². The van der Waals surface area contributed by atoms with E-state index in [2.05, 4.69) is 11.9 Å². The summed E-state index contributed by atoms with van der Waals surface area (Å²) in [4.78, 5) is 40.7. The molecule has 1 aliphatic rings. The number of piperidine rings is 1. The van der Waals surface area contributed by atoms with Gasteiger partial charge in [-0.2, -0.15) is 0 Å². The van der Waals surface area contributed by atoms with Crippen LogP contribution in [0.2, 0.25) is 0 Å². The lowest BCUT2D eigenvalue weighted by Crippen LogP contribution is -2.38. The minimum absolute atomic E-state index is 0.0195. The average molecular weight is 315 g/mol. The molecule has 0 unspecified atom stereocenters. The molecule has 0 spiro atoms. The number of nitrogens with zero attached hydrogens (tertiary/aromatic N) is 2. The number of fused-ring (bicyclic) bond motifs is 1. The van der Waals surface area contributed by atoms with E-state index in [0.29, 0.717) is 29.1 Å². The number of H-pyrrole nitrogens is 1. The number of hydrogen-bond donors (Lipinski definition) is 1. The first-order chi connectivity index (χ1) is 11.0. The molecule has 1 saturated heterocycles. The number of rotatable bonds is 2. The number of nitrogens with one attached hydrogen (secondary N) is 1. The molecule has 0 atom stereocenters. The standard InChI is InChI=1S/C17H21N3O3/c1-3-20-14-5-4-12(10-13(14)18-15(21)17(20)23)16(22)19-8-6-11(2)7-9-19/h4-5,10-11H,3,6-9H2,1-2H3,(H,18,21). The third-order valence-electron chi connectivity index (χ3n) is 4.61. The van der Waals surface area contributed by atoms with Gasteiger partial charge in [-0.3, -0.25) is 14.4 Å². The molecule has 1 fully saturated rings. The Morgan fingerprint density at radius 1 is 1.26 bits per heavy atom. The lowest BCUT2D eigenvalue weighted by Gasteiger charge is -2.30. The summed E-state index contributed by atoms with van der Waals surface area (Å²) in [5.41, 5.74) is 0.484. The van der Waals surface area contributed by atoms with Gasteiger partial charge in [0.15, 0.2) is 0 Å². The molecule has 0 radical (unpaired) electrons. The van der Waals surface area contributed by atoms with Gasteiger partial charge in [-0.1, -0.05) is 6.92 Å². The van der Waals surface area contributed by atoms with Crippen molar-refractivity contribution in [3.8, 4) is 0 Å². The summed E-state index contributed by atoms with van der Waals surface area (Å²) >= 11 is 0. The summed E-state index contributed by atoms with van der Waals surface area (Å²) in [6.07, 6.45) is 2.04. The molecule has 6 nitrogen and oxygen atoms in total. The van der Waals surface area contributed by atoms with Crippen molar-refractivity contribution in [2.24, 2.45) is 5.92 Å². The average Bonchev–Trinajstić information content (AvgIpc) is 2.56. The van der Waals surface area contributed by atoms with Crippen molar-refractivity contribution in [1.82, 2.24) is 14.5 Å². The second-order valence-corrected chi connectivity index (χ2v) is 6.21. The van der Waals surface area contributed by atoms with E-state index in [1.807, 2.05) is 11.8 Å². The SMILES string of the molecule is CCn1c(=O)c(=O)[nH]c2cc(C(=O)N3CCC(C)CC3)ccc21. The summed E-state index contributed by atoms with van der Waals surface area (Å²) in [5.74, 6) is 0.639. The van der Waals surface area contributed by atoms with Crippen molar-refractivity contribution in [2.75, 3.05) is 13.1 Å². The summed E-state index contributed by atoms with van der Waals surface area (Å²) in [6.45, 7) is 5.96. The van der Waals surface area contributed by atoms with Crippen LogP contribution in [0.3, 0.4) is 0 Å². The first-order valence-electron chi connectivity index (χ1n) is 8.07. The Kier molecular flexibility index (Phi) is 4.07. The molecule has 1 aromatic heterocycles. The van der Waals surface area contributed by atoms with Crippen LogP contribution in [0.1, 0.15) is 37.0 Å². The number of carbonyl (C=O) groups excluding carboxylic acids is 1. The molecule has 2 aromatic rings. The lowest BCUT2D eigenvalue weighted by atomic mass is 9.98. The van der Waals surface area contributed by atoms with E-state index >= 15 is 0 Å². The van der Waals surface area contributed by atoms with Gasteiger partial charge in [0.1, 0.15) is 0 Å². The summed E-state index contributed by atoms with van der Waals surface area (Å²) < 4.78 is 1.42. The highest BCUT2D eigenvalue weighted by molar-refractivity contribution is 5.97. The Morgan fingerprint density at radius 3 is 2.61 bits per heavy atom. The second kappa shape index (κ2) is 6.02. The van der Waals surface area contributed by atoms with Crippen LogP contribution in [0.15, 0.2) is 27.8 Å². The quantitative estimate of drug-likeness (QED) is 0.855. The minimum Gasteiger partial charge on any atom is -0.339 e. The number of carbonyl (C=O) groups is 1. The van der Waals surface area contributed by atoms with Crippen LogP contribution in [0.5, 0.6) is 0 Å². The fraction of sp³-hybridized carbons (Fsp3) is 0.471. The molecule has 0 aliphatic carbocycles. The summed E-state index contributed by atoms with van der Waals surface area (Å²) in [7, 11) is 0. The van der Waals surface area contributed by atoms with Crippen LogP contribution in [0.25, 0.3) is 11.0 Å². The Labute approximate surface area is 133 Å². The third kappa shape index (κ3) is 2.81. The maximum atomic E-state index is 12.6. The zero-order valence-corrected chi connectivity index (χ0v) is 13.5. The molecule has 0 bridgehead atoms. The van der Waals surface area contributed by atoms with Gasteiger partial charge in [0.2, 0.25) is 0 Å². The molecule has 6 heteroatoms. The van der Waals surface area contributed by atoms with Gasteiger partial charge in [-0.05, 0) is 43.9 Å². The second-order valence-electron chi connectivity index (χ2n) is 6.21. The molecule has 2 heterocycles. The van der Waals surface area contributed by atoms with Gasteiger partial charge in [0.05, 0.1) is 11.0 Å². The predicted octanol–water partition coefficient (Wildman–Crippen LogP) is 1.58. The molecule has 23 heavy (non-hydrogen) atoms. The van der Waals surface area contributed by atoms with Gasteiger partial charge < -0.3 is 14.5 Å². The molecule has 1 amide bonds. The number of likely N-dealkylation sites (tertiary alicyclic amines) is 1. The normalized spacial score (nSPS) is 16.0. The van der Waals surface area contributed by atoms with E-state index in [4.69, 9.17) is 0 Å². The van der Waals surface area contributed by atoms with Crippen LogP contribution in [0, 0.1) is 5.92 Å². The van der Waals surface area contributed by atoms with E-state index in [0.717, 1.165) is 25.9 Å². The van der Waals surface area contributed by atoms with Gasteiger partial charge >= 0.3 is 11.1 Å². The highest BCUT2D eigenvalue weighted by atomic mass is 16.2. The molecule has 1 N–H and O–H groups in total. The molecule has 122 valence electrons. The Morgan fingerprint density at radius 2 is 1.96 bits per heavy atom. The third-order valence-corrected chi connectivity index (χ3v) is 4.61. The molecule has 0 saturated carbocycles. The number of hydrogen-bond acceptors (Lipinski definition) is 3. The Balaban J connectivity index is 2.00. The van der Waals surface area contributed by atoms with Crippen LogP contribution in [0.4, 0.5) is 0 Å². The Bertz CT molecular complexity index is 857. The first kappa shape index (κ1) is 15.5. The van der Waals surface area contributed by atoms with Crippen LogP contribution in [-0.2, 0) is 6.54 Å². The van der Waals surface area contributed by atoms with Crippen molar-refractivity contribution in [3.05, 3.63) is 44.5 Å². The molecule has 1 aliphatic heterocycles. The fourth-order valence-corrected chi connectivity index (χ4v) is 3.12. The van der Waals surface area contributed by atoms with Crippen molar-refractivity contribution in [3.63, 3.8) is 0 Å². The number of benzene rings is 1. The maximum Gasteiger partial charge on any atom is 0.316 e. The van der Waals surface area contributed by atoms with Gasteiger partial charge in [0, 0.05) is 25.2 Å². The minimum atomic E-state index is -0.657. The fourth-order valence-electron chi connectivity index (χ4n) is 3.12. The van der Waals surface area contributed by atoms with E-state index in [1.54, 1.807) is 18.2 Å². The molecule has 3 rings (SSSR count). The predicted molar refractivity (Wildman–Crippen MR) is 88.8 cm³/mol. The van der Waals surface area contributed by atoms with E-state index in [-0.39, 0.29) is 5.91 Å². The number of aromatic nitrogens is 2. The highest BCUT2D eigenvalue weighted by Gasteiger charge is 2.21. The zero-order chi connectivity index (χ0) is 16.6. The van der Waals surface area contributed by atoms with E-state index in [9.17, 15) is 14.4 Å². The smallest absolute Gasteiger partial charge is 0.316 e. The van der Waals surface area contributed by atoms with Crippen LogP contribution < -0.4 is 11.1 Å². The first-order valence-corrected chi connectivity index (χ1v) is 8.07. The summed E-state index contributed by atoms with van der Waals surface area (Å²) in [5, 5.41) is 0. The van der Waals surface area contributed by atoms with Crippen molar-refractivity contribution in [1.29, 1.82) is 0 Å². The monoisotopic (exact) mass is 315 g/mol. The van der Waals surface area contributed by atoms with Crippen molar-refractivity contribution in [2.45, 2.75) is 33.2 Å². The van der Waals surface area contributed by atoms with Crippen molar-refractivity contribution < 1.29 is 4.79 Å². The highest BCUT2D eigenvalue weighted by Crippen LogP contribution is 2.19. The molecular formula is C17H21N3O3. The molecule has 1 aromatic carbocycles. The number of aryl methyl sites for hydroxylation is 1. The largest absolute Gasteiger partial charge is 0.339 e. The van der Waals surface area contributed by atoms with E-state index in [1.165, 1.54) is 4.57 Å². The van der Waals surface area contributed by atoms with E-state index < -0.39 is 11.1 Å². The lowest BCUT2D eigenvalue weighted by molar-refractivity contribution is 0.0697. The van der Waals surface area contributed by atoms with Crippen molar-refractivity contribution >= 4 is 16.9 Å². The van der Waals surface area contributed by atoms with Crippen LogP contribution >= 0.6 is 0 Å². The maximum absolute atomic E-state index is 12.6. The zero-order valence-electron chi connectivity index (χ0n) is 13.5. The summed E-state index contributed by atoms with van der Waals surface area (Å²) in [6, 6.07) is 5.13. The number of aromatic amines is 1. The van der Waals surface area contributed by atoms with Gasteiger partial charge in [-0.15, -0.1) is 0 Å². The molecular weight excluding hydrogens is 294 g/mol. The topological polar surface area (TPSA) is 75.2 Å². The number of amides is 1.